The van der Waals surface area contributed by atoms with E-state index in [1.807, 2.05) is 44.2 Å². The van der Waals surface area contributed by atoms with Gasteiger partial charge in [-0.15, -0.1) is 0 Å². The summed E-state index contributed by atoms with van der Waals surface area (Å²) in [4.78, 5) is 38.2. The Bertz CT molecular complexity index is 1150. The highest BCUT2D eigenvalue weighted by Crippen LogP contribution is 2.34. The zero-order chi connectivity index (χ0) is 21.8. The van der Waals surface area contributed by atoms with Crippen molar-refractivity contribution in [3.05, 3.63) is 69.5 Å². The summed E-state index contributed by atoms with van der Waals surface area (Å²) in [5, 5.41) is 21.7. The molecule has 0 aliphatic carbocycles. The molecule has 1 aromatic heterocycles. The van der Waals surface area contributed by atoms with Gasteiger partial charge >= 0.3 is 5.97 Å². The molecule has 0 aliphatic rings. The van der Waals surface area contributed by atoms with Crippen LogP contribution in [-0.2, 0) is 11.2 Å². The molecule has 1 amide bonds. The van der Waals surface area contributed by atoms with E-state index < -0.39 is 35.3 Å². The molecule has 0 saturated carbocycles. The first-order valence-electron chi connectivity index (χ1n) is 9.39. The van der Waals surface area contributed by atoms with Crippen LogP contribution in [0.25, 0.3) is 10.9 Å². The maximum atomic E-state index is 12.6. The van der Waals surface area contributed by atoms with Gasteiger partial charge < -0.3 is 25.3 Å². The summed E-state index contributed by atoms with van der Waals surface area (Å²) in [5.74, 6) is -2.19. The number of carboxylic acids is 1. The Labute approximate surface area is 172 Å². The Balaban J connectivity index is 2.17. The van der Waals surface area contributed by atoms with Crippen molar-refractivity contribution in [2.24, 2.45) is 0 Å². The SMILES string of the molecule is CC(C)Oc1ccc2c(O)c(C(=O)NCC(=O)O)c(=O)[nH]c2c1Cc1ccccc1. The Morgan fingerprint density at radius 1 is 1.13 bits per heavy atom. The lowest BCUT2D eigenvalue weighted by Gasteiger charge is -2.17. The molecule has 0 aliphatic heterocycles. The van der Waals surface area contributed by atoms with Gasteiger partial charge in [-0.3, -0.25) is 14.4 Å². The number of H-pyrrole nitrogens is 1. The van der Waals surface area contributed by atoms with E-state index in [2.05, 4.69) is 10.3 Å². The number of fused-ring (bicyclic) bond motifs is 1. The monoisotopic (exact) mass is 410 g/mol. The Kier molecular flexibility index (Phi) is 6.06. The second-order valence-corrected chi connectivity index (χ2v) is 7.05. The number of aromatic hydroxyl groups is 1. The van der Waals surface area contributed by atoms with Crippen molar-refractivity contribution < 1.29 is 24.5 Å². The molecular formula is C22H22N2O6. The first kappa shape index (κ1) is 20.9. The van der Waals surface area contributed by atoms with E-state index in [0.29, 0.717) is 23.3 Å². The van der Waals surface area contributed by atoms with E-state index in [1.165, 1.54) is 0 Å². The number of rotatable bonds is 7. The number of carbonyl (C=O) groups is 2. The fraction of sp³-hybridized carbons (Fsp3) is 0.227. The van der Waals surface area contributed by atoms with Crippen molar-refractivity contribution in [1.82, 2.24) is 10.3 Å². The minimum atomic E-state index is -1.26. The standard InChI is InChI=1S/C22H22N2O6/c1-12(2)30-16-9-8-14-19(15(16)10-13-6-4-3-5-7-13)24-22(29)18(20(14)27)21(28)23-11-17(25)26/h3-9,12H,10-11H2,1-2H3,(H,23,28)(H,25,26)(H2,24,27,29). The number of benzene rings is 2. The molecule has 0 unspecified atom stereocenters. The van der Waals surface area contributed by atoms with Crippen molar-refractivity contribution >= 4 is 22.8 Å². The molecule has 30 heavy (non-hydrogen) atoms. The number of aromatic nitrogens is 1. The van der Waals surface area contributed by atoms with E-state index in [4.69, 9.17) is 9.84 Å². The molecule has 8 heteroatoms. The smallest absolute Gasteiger partial charge is 0.322 e. The number of carboxylic acid groups (broad SMARTS) is 1. The average molecular weight is 410 g/mol. The third-order valence-corrected chi connectivity index (χ3v) is 4.44. The van der Waals surface area contributed by atoms with Crippen LogP contribution >= 0.6 is 0 Å². The largest absolute Gasteiger partial charge is 0.506 e. The fourth-order valence-electron chi connectivity index (χ4n) is 3.18. The minimum absolute atomic E-state index is 0.113. The molecule has 0 atom stereocenters. The molecule has 0 fully saturated rings. The van der Waals surface area contributed by atoms with Gasteiger partial charge in [0.05, 0.1) is 11.6 Å². The lowest BCUT2D eigenvalue weighted by molar-refractivity contribution is -0.135. The normalized spacial score (nSPS) is 10.9. The van der Waals surface area contributed by atoms with Gasteiger partial charge in [-0.25, -0.2) is 0 Å². The molecular weight excluding hydrogens is 388 g/mol. The summed E-state index contributed by atoms with van der Waals surface area (Å²) in [6, 6.07) is 12.8. The van der Waals surface area contributed by atoms with Crippen LogP contribution in [0.4, 0.5) is 0 Å². The first-order valence-corrected chi connectivity index (χ1v) is 9.39. The first-order chi connectivity index (χ1) is 14.3. The summed E-state index contributed by atoms with van der Waals surface area (Å²) in [6.07, 6.45) is 0.318. The quantitative estimate of drug-likeness (QED) is 0.474. The van der Waals surface area contributed by atoms with E-state index >= 15 is 0 Å². The summed E-state index contributed by atoms with van der Waals surface area (Å²) < 4.78 is 5.90. The zero-order valence-corrected chi connectivity index (χ0v) is 16.6. The van der Waals surface area contributed by atoms with Crippen LogP contribution in [0.3, 0.4) is 0 Å². The van der Waals surface area contributed by atoms with Gasteiger partial charge in [-0.05, 0) is 31.5 Å². The van der Waals surface area contributed by atoms with Gasteiger partial charge in [0.2, 0.25) is 0 Å². The van der Waals surface area contributed by atoms with Crippen LogP contribution in [0, 0.1) is 0 Å². The molecule has 2 aromatic carbocycles. The van der Waals surface area contributed by atoms with E-state index in [0.717, 1.165) is 5.56 Å². The molecule has 8 nitrogen and oxygen atoms in total. The summed E-state index contributed by atoms with van der Waals surface area (Å²) >= 11 is 0. The molecule has 0 bridgehead atoms. The van der Waals surface area contributed by atoms with Gasteiger partial charge in [0.1, 0.15) is 23.6 Å². The number of pyridine rings is 1. The van der Waals surface area contributed by atoms with Crippen molar-refractivity contribution in [3.8, 4) is 11.5 Å². The highest BCUT2D eigenvalue weighted by molar-refractivity contribution is 6.03. The Morgan fingerprint density at radius 2 is 1.83 bits per heavy atom. The van der Waals surface area contributed by atoms with E-state index in [9.17, 15) is 19.5 Å². The van der Waals surface area contributed by atoms with Crippen LogP contribution in [0.1, 0.15) is 35.3 Å². The second-order valence-electron chi connectivity index (χ2n) is 7.05. The number of aliphatic carboxylic acids is 1. The predicted molar refractivity (Wildman–Crippen MR) is 111 cm³/mol. The van der Waals surface area contributed by atoms with Gasteiger partial charge in [0.25, 0.3) is 11.5 Å². The molecule has 4 N–H and O–H groups in total. The summed E-state index contributed by atoms with van der Waals surface area (Å²) in [6.45, 7) is 3.09. The van der Waals surface area contributed by atoms with Crippen molar-refractivity contribution in [1.29, 1.82) is 0 Å². The summed E-state index contributed by atoms with van der Waals surface area (Å²) in [7, 11) is 0. The maximum absolute atomic E-state index is 12.6. The number of amides is 1. The van der Waals surface area contributed by atoms with Crippen molar-refractivity contribution in [2.75, 3.05) is 6.54 Å². The van der Waals surface area contributed by atoms with Crippen LogP contribution in [-0.4, -0.2) is 39.7 Å². The van der Waals surface area contributed by atoms with Gasteiger partial charge in [0, 0.05) is 17.4 Å². The highest BCUT2D eigenvalue weighted by Gasteiger charge is 2.22. The number of aromatic amines is 1. The van der Waals surface area contributed by atoms with Crippen LogP contribution < -0.4 is 15.6 Å². The number of nitrogens with one attached hydrogen (secondary N) is 2. The van der Waals surface area contributed by atoms with Crippen molar-refractivity contribution in [2.45, 2.75) is 26.4 Å². The lowest BCUT2D eigenvalue weighted by Crippen LogP contribution is -2.33. The molecule has 0 saturated heterocycles. The lowest BCUT2D eigenvalue weighted by atomic mass is 9.99. The second kappa shape index (κ2) is 8.69. The molecule has 3 rings (SSSR count). The molecule has 156 valence electrons. The number of ether oxygens (including phenoxy) is 1. The molecule has 0 spiro atoms. The summed E-state index contributed by atoms with van der Waals surface area (Å²) in [5.41, 5.74) is 0.639. The molecule has 3 aromatic rings. The van der Waals surface area contributed by atoms with E-state index in [-0.39, 0.29) is 11.5 Å². The number of carbonyl (C=O) groups excluding carboxylic acids is 1. The van der Waals surface area contributed by atoms with Crippen molar-refractivity contribution in [3.63, 3.8) is 0 Å². The van der Waals surface area contributed by atoms with Crippen LogP contribution in [0.2, 0.25) is 0 Å². The van der Waals surface area contributed by atoms with E-state index in [1.54, 1.807) is 12.1 Å². The van der Waals surface area contributed by atoms with Gasteiger partial charge in [0.15, 0.2) is 0 Å². The molecule has 0 radical (unpaired) electrons. The number of hydrogen-bond donors (Lipinski definition) is 4. The minimum Gasteiger partial charge on any atom is -0.506 e. The Morgan fingerprint density at radius 3 is 2.47 bits per heavy atom. The highest BCUT2D eigenvalue weighted by atomic mass is 16.5. The van der Waals surface area contributed by atoms with Crippen LogP contribution in [0.5, 0.6) is 11.5 Å². The Hall–Kier alpha value is -3.81. The molecule has 1 heterocycles. The third kappa shape index (κ3) is 4.43. The van der Waals surface area contributed by atoms with Crippen LogP contribution in [0.15, 0.2) is 47.3 Å². The topological polar surface area (TPSA) is 129 Å². The predicted octanol–water partition coefficient (Wildman–Crippen LogP) is 2.43. The third-order valence-electron chi connectivity index (χ3n) is 4.44. The van der Waals surface area contributed by atoms with Gasteiger partial charge in [-0.2, -0.15) is 0 Å². The van der Waals surface area contributed by atoms with Gasteiger partial charge in [-0.1, -0.05) is 30.3 Å². The fourth-order valence-corrected chi connectivity index (χ4v) is 3.18. The maximum Gasteiger partial charge on any atom is 0.322 e. The zero-order valence-electron chi connectivity index (χ0n) is 16.6. The average Bonchev–Trinajstić information content (AvgIpc) is 2.68. The number of hydrogen-bond acceptors (Lipinski definition) is 5.